The molecule has 1 heterocycles. The highest BCUT2D eigenvalue weighted by Crippen LogP contribution is 1.98. The predicted octanol–water partition coefficient (Wildman–Crippen LogP) is -1.82. The lowest BCUT2D eigenvalue weighted by atomic mass is 10.3. The number of nitrogens with zero attached hydrogens (tertiary/aromatic N) is 1. The van der Waals surface area contributed by atoms with Gasteiger partial charge >= 0.3 is 17.9 Å². The number of aliphatic hydroxyl groups excluding tert-OH is 4. The van der Waals surface area contributed by atoms with E-state index in [2.05, 4.69) is 10.1 Å². The van der Waals surface area contributed by atoms with Gasteiger partial charge in [-0.2, -0.15) is 0 Å². The first-order valence-corrected chi connectivity index (χ1v) is 9.81. The highest BCUT2D eigenvalue weighted by atomic mass is 16.6. The van der Waals surface area contributed by atoms with Gasteiger partial charge in [0.15, 0.2) is 0 Å². The fourth-order valence-electron chi connectivity index (χ4n) is 1.94. The number of nitrogens with one attached hydrogen (secondary N) is 1. The number of hydrogen-bond donors (Lipinski definition) is 6. The van der Waals surface area contributed by atoms with E-state index in [1.807, 2.05) is 0 Å². The van der Waals surface area contributed by atoms with Crippen LogP contribution in [0.5, 0.6) is 0 Å². The highest BCUT2D eigenvalue weighted by molar-refractivity contribution is 6.04. The fraction of sp³-hybridized carbons (Fsp3) is 0.600. The fourth-order valence-corrected chi connectivity index (χ4v) is 1.94. The second-order valence-electron chi connectivity index (χ2n) is 7.04. The van der Waals surface area contributed by atoms with E-state index in [-0.39, 0.29) is 25.3 Å². The Hall–Kier alpha value is -2.64. The van der Waals surface area contributed by atoms with Crippen LogP contribution in [0.25, 0.3) is 0 Å². The van der Waals surface area contributed by atoms with Crippen molar-refractivity contribution < 1.29 is 49.4 Å². The smallest absolute Gasteiger partial charge is 0.338 e. The number of esters is 2. The van der Waals surface area contributed by atoms with Gasteiger partial charge in [-0.3, -0.25) is 4.79 Å². The van der Waals surface area contributed by atoms with Crippen LogP contribution >= 0.6 is 0 Å². The molecule has 6 N–H and O–H groups in total. The summed E-state index contributed by atoms with van der Waals surface area (Å²) in [6.45, 7) is 7.60. The molecular formula is C20H34N2O10. The molecule has 32 heavy (non-hydrogen) atoms. The Morgan fingerprint density at radius 1 is 0.875 bits per heavy atom. The Bertz CT molecular complexity index is 608. The zero-order chi connectivity index (χ0) is 25.3. The van der Waals surface area contributed by atoms with Gasteiger partial charge < -0.3 is 40.5 Å². The molecular weight excluding hydrogens is 428 g/mol. The summed E-state index contributed by atoms with van der Waals surface area (Å²) in [5.74, 6) is -2.93. The second-order valence-corrected chi connectivity index (χ2v) is 7.04. The van der Waals surface area contributed by atoms with Gasteiger partial charge in [0.2, 0.25) is 5.91 Å². The summed E-state index contributed by atoms with van der Waals surface area (Å²) in [5, 5.41) is 47.0. The Morgan fingerprint density at radius 2 is 1.28 bits per heavy atom. The van der Waals surface area contributed by atoms with Crippen molar-refractivity contribution in [3.8, 4) is 0 Å². The number of carboxylic acid groups (broad SMARTS) is 1. The largest absolute Gasteiger partial charge is 0.478 e. The number of rotatable bonds is 10. The normalized spacial score (nSPS) is 16.1. The number of aliphatic hydroxyl groups is 4. The van der Waals surface area contributed by atoms with Crippen molar-refractivity contribution in [3.63, 3.8) is 0 Å². The van der Waals surface area contributed by atoms with Crippen molar-refractivity contribution >= 4 is 23.8 Å². The third-order valence-corrected chi connectivity index (χ3v) is 3.09. The standard InChI is InChI=1S/C10H17NO5.C6H15NO2.C4H2O3/c1-7(12)5-11(6-8(2)13)9(14)3-4-10(15)16;1-5(8)3-7-4-6(2)9;5-3-1-2-4(6)7-3/h3-4,7-8,12-13H,5-6H2,1-2H3,(H,15,16);5-9H,3-4H2,1-2H3;1-2H/b4-3-;;. The third kappa shape index (κ3) is 22.1. The van der Waals surface area contributed by atoms with E-state index >= 15 is 0 Å². The van der Waals surface area contributed by atoms with Crippen molar-refractivity contribution in [1.29, 1.82) is 0 Å². The Morgan fingerprint density at radius 3 is 1.53 bits per heavy atom. The molecule has 184 valence electrons. The van der Waals surface area contributed by atoms with Crippen LogP contribution < -0.4 is 5.32 Å². The number of amides is 1. The number of carbonyl (C=O) groups is 4. The van der Waals surface area contributed by atoms with Gasteiger partial charge in [0.1, 0.15) is 0 Å². The molecule has 0 aliphatic carbocycles. The average Bonchev–Trinajstić information content (AvgIpc) is 3.01. The van der Waals surface area contributed by atoms with Crippen molar-refractivity contribution in [1.82, 2.24) is 10.2 Å². The lowest BCUT2D eigenvalue weighted by molar-refractivity contribution is -0.150. The SMILES string of the molecule is CC(O)CN(CC(C)O)C(=O)/C=C\C(=O)O.CC(O)CNCC(C)O.O=C1C=CC(=O)O1. The number of carboxylic acids is 1. The summed E-state index contributed by atoms with van der Waals surface area (Å²) < 4.78 is 3.97. The monoisotopic (exact) mass is 462 g/mol. The first-order chi connectivity index (χ1) is 14.7. The van der Waals surface area contributed by atoms with Crippen LogP contribution in [0.15, 0.2) is 24.3 Å². The molecule has 0 spiro atoms. The Balaban J connectivity index is 0. The maximum Gasteiger partial charge on any atom is 0.338 e. The quantitative estimate of drug-likeness (QED) is 0.122. The molecule has 12 nitrogen and oxygen atoms in total. The molecule has 0 fully saturated rings. The van der Waals surface area contributed by atoms with E-state index in [4.69, 9.17) is 25.5 Å². The van der Waals surface area contributed by atoms with Crippen LogP contribution in [-0.4, -0.2) is 105 Å². The summed E-state index contributed by atoms with van der Waals surface area (Å²) in [4.78, 5) is 42.7. The second kappa shape index (κ2) is 18.0. The minimum absolute atomic E-state index is 0.0493. The number of hydrogen-bond acceptors (Lipinski definition) is 10. The summed E-state index contributed by atoms with van der Waals surface area (Å²) in [6.07, 6.45) is 1.66. The molecule has 1 aliphatic heterocycles. The van der Waals surface area contributed by atoms with E-state index in [9.17, 15) is 19.2 Å². The van der Waals surface area contributed by atoms with Gasteiger partial charge in [-0.1, -0.05) is 0 Å². The van der Waals surface area contributed by atoms with E-state index < -0.39 is 36.0 Å². The topological polar surface area (TPSA) is 194 Å². The van der Waals surface area contributed by atoms with Gasteiger partial charge in [-0.05, 0) is 27.7 Å². The minimum Gasteiger partial charge on any atom is -0.478 e. The van der Waals surface area contributed by atoms with Gasteiger partial charge in [0.25, 0.3) is 0 Å². The molecule has 0 saturated carbocycles. The van der Waals surface area contributed by atoms with E-state index in [0.29, 0.717) is 13.1 Å². The molecule has 0 aromatic rings. The van der Waals surface area contributed by atoms with Crippen molar-refractivity contribution in [2.75, 3.05) is 26.2 Å². The molecule has 0 aromatic heterocycles. The first-order valence-electron chi connectivity index (χ1n) is 9.81. The van der Waals surface area contributed by atoms with Crippen LogP contribution in [0.2, 0.25) is 0 Å². The summed E-state index contributed by atoms with van der Waals surface area (Å²) >= 11 is 0. The number of cyclic esters (lactones) is 2. The molecule has 0 radical (unpaired) electrons. The van der Waals surface area contributed by atoms with Crippen molar-refractivity contribution in [3.05, 3.63) is 24.3 Å². The van der Waals surface area contributed by atoms with Gasteiger partial charge in [-0.15, -0.1) is 0 Å². The molecule has 0 aromatic carbocycles. The molecule has 12 heteroatoms. The third-order valence-electron chi connectivity index (χ3n) is 3.09. The predicted molar refractivity (Wildman–Crippen MR) is 113 cm³/mol. The Labute approximate surface area is 186 Å². The maximum atomic E-state index is 11.5. The summed E-state index contributed by atoms with van der Waals surface area (Å²) in [7, 11) is 0. The molecule has 0 bridgehead atoms. The molecule has 1 amide bonds. The Kier molecular flexibility index (Phi) is 17.7. The van der Waals surface area contributed by atoms with Gasteiger partial charge in [0, 0.05) is 50.5 Å². The molecule has 1 aliphatic rings. The molecule has 4 unspecified atom stereocenters. The van der Waals surface area contributed by atoms with Crippen molar-refractivity contribution in [2.24, 2.45) is 0 Å². The molecule has 0 saturated heterocycles. The minimum atomic E-state index is -1.22. The zero-order valence-corrected chi connectivity index (χ0v) is 18.7. The zero-order valence-electron chi connectivity index (χ0n) is 18.7. The summed E-state index contributed by atoms with van der Waals surface area (Å²) in [6, 6.07) is 0. The van der Waals surface area contributed by atoms with E-state index in [1.54, 1.807) is 13.8 Å². The highest BCUT2D eigenvalue weighted by Gasteiger charge is 2.15. The number of ether oxygens (including phenoxy) is 1. The van der Waals surface area contributed by atoms with E-state index in [1.165, 1.54) is 18.7 Å². The average molecular weight is 462 g/mol. The van der Waals surface area contributed by atoms with Crippen LogP contribution in [0.3, 0.4) is 0 Å². The van der Waals surface area contributed by atoms with Crippen LogP contribution in [-0.2, 0) is 23.9 Å². The number of aliphatic carboxylic acids is 1. The summed E-state index contributed by atoms with van der Waals surface area (Å²) in [5.41, 5.74) is 0. The lowest BCUT2D eigenvalue weighted by Crippen LogP contribution is -2.40. The van der Waals surface area contributed by atoms with Crippen LogP contribution in [0, 0.1) is 0 Å². The van der Waals surface area contributed by atoms with Crippen LogP contribution in [0.4, 0.5) is 0 Å². The van der Waals surface area contributed by atoms with Gasteiger partial charge in [0.05, 0.1) is 24.4 Å². The van der Waals surface area contributed by atoms with Crippen LogP contribution in [0.1, 0.15) is 27.7 Å². The molecule has 1 rings (SSSR count). The maximum absolute atomic E-state index is 11.5. The van der Waals surface area contributed by atoms with E-state index in [0.717, 1.165) is 24.3 Å². The number of carbonyl (C=O) groups excluding carboxylic acids is 3. The molecule has 4 atom stereocenters. The first kappa shape index (κ1) is 31.5. The lowest BCUT2D eigenvalue weighted by Gasteiger charge is -2.23. The van der Waals surface area contributed by atoms with Gasteiger partial charge in [-0.25, -0.2) is 14.4 Å². The van der Waals surface area contributed by atoms with Crippen molar-refractivity contribution in [2.45, 2.75) is 52.1 Å².